The standard InChI is InChI=1S/C20H19N5O4/c1-2-27-19(26)13-3-5-14(6-4-13)23-20-24-18(12-21-25-20)22-15-7-8-16-17(11-15)29-10-9-28-16/h3-8,11-12H,2,9-10H2,1H3,(H2,22,23,24,25). The molecule has 0 saturated carbocycles. The molecule has 0 spiro atoms. The molecule has 1 aliphatic rings. The van der Waals surface area contributed by atoms with Crippen molar-refractivity contribution in [3.63, 3.8) is 0 Å². The summed E-state index contributed by atoms with van der Waals surface area (Å²) < 4.78 is 16.1. The molecule has 1 aliphatic heterocycles. The molecule has 0 saturated heterocycles. The van der Waals surface area contributed by atoms with Crippen molar-refractivity contribution in [1.82, 2.24) is 15.2 Å². The van der Waals surface area contributed by atoms with Gasteiger partial charge in [-0.2, -0.15) is 10.1 Å². The topological polar surface area (TPSA) is 107 Å². The van der Waals surface area contributed by atoms with Crippen LogP contribution in [0.25, 0.3) is 0 Å². The van der Waals surface area contributed by atoms with Gasteiger partial charge in [-0.25, -0.2) is 4.79 Å². The van der Waals surface area contributed by atoms with Gasteiger partial charge in [0.15, 0.2) is 17.3 Å². The van der Waals surface area contributed by atoms with Crippen molar-refractivity contribution in [2.75, 3.05) is 30.5 Å². The lowest BCUT2D eigenvalue weighted by molar-refractivity contribution is 0.0526. The van der Waals surface area contributed by atoms with Crippen LogP contribution in [-0.4, -0.2) is 41.0 Å². The highest BCUT2D eigenvalue weighted by Gasteiger charge is 2.12. The van der Waals surface area contributed by atoms with Crippen molar-refractivity contribution in [1.29, 1.82) is 0 Å². The average molecular weight is 393 g/mol. The molecule has 1 aromatic heterocycles. The van der Waals surface area contributed by atoms with E-state index in [1.807, 2.05) is 18.2 Å². The summed E-state index contributed by atoms with van der Waals surface area (Å²) in [5.74, 6) is 1.88. The van der Waals surface area contributed by atoms with Gasteiger partial charge in [0, 0.05) is 17.4 Å². The number of anilines is 4. The van der Waals surface area contributed by atoms with Crippen LogP contribution in [0.3, 0.4) is 0 Å². The summed E-state index contributed by atoms with van der Waals surface area (Å²) >= 11 is 0. The van der Waals surface area contributed by atoms with Gasteiger partial charge >= 0.3 is 5.97 Å². The Labute approximate surface area is 167 Å². The predicted molar refractivity (Wildman–Crippen MR) is 106 cm³/mol. The minimum atomic E-state index is -0.359. The van der Waals surface area contributed by atoms with Crippen LogP contribution >= 0.6 is 0 Å². The van der Waals surface area contributed by atoms with Crippen LogP contribution in [0.5, 0.6) is 11.5 Å². The third-order valence-corrected chi connectivity index (χ3v) is 4.03. The van der Waals surface area contributed by atoms with Crippen molar-refractivity contribution < 1.29 is 19.0 Å². The highest BCUT2D eigenvalue weighted by molar-refractivity contribution is 5.89. The van der Waals surface area contributed by atoms with E-state index in [1.165, 1.54) is 6.20 Å². The fourth-order valence-corrected chi connectivity index (χ4v) is 2.72. The maximum Gasteiger partial charge on any atom is 0.338 e. The number of hydrogen-bond acceptors (Lipinski definition) is 9. The lowest BCUT2D eigenvalue weighted by atomic mass is 10.2. The number of carbonyl (C=O) groups excluding carboxylic acids is 1. The Hall–Kier alpha value is -3.88. The normalized spacial score (nSPS) is 12.2. The number of hydrogen-bond donors (Lipinski definition) is 2. The van der Waals surface area contributed by atoms with Gasteiger partial charge in [-0.1, -0.05) is 0 Å². The fourth-order valence-electron chi connectivity index (χ4n) is 2.72. The first kappa shape index (κ1) is 18.5. The molecule has 9 nitrogen and oxygen atoms in total. The van der Waals surface area contributed by atoms with Crippen molar-refractivity contribution in [3.8, 4) is 11.5 Å². The van der Waals surface area contributed by atoms with E-state index in [-0.39, 0.29) is 5.97 Å². The van der Waals surface area contributed by atoms with Gasteiger partial charge in [0.25, 0.3) is 0 Å². The van der Waals surface area contributed by atoms with Crippen molar-refractivity contribution in [2.24, 2.45) is 0 Å². The summed E-state index contributed by atoms with van der Waals surface area (Å²) in [6.07, 6.45) is 1.52. The number of fused-ring (bicyclic) bond motifs is 1. The summed E-state index contributed by atoms with van der Waals surface area (Å²) in [5, 5.41) is 14.2. The van der Waals surface area contributed by atoms with E-state index in [2.05, 4.69) is 25.8 Å². The van der Waals surface area contributed by atoms with Crippen LogP contribution < -0.4 is 20.1 Å². The maximum atomic E-state index is 11.7. The number of benzene rings is 2. The summed E-state index contributed by atoms with van der Waals surface area (Å²) in [7, 11) is 0. The van der Waals surface area contributed by atoms with Gasteiger partial charge in [-0.15, -0.1) is 5.10 Å². The number of carbonyl (C=O) groups is 1. The van der Waals surface area contributed by atoms with Crippen LogP contribution in [0, 0.1) is 0 Å². The molecule has 0 radical (unpaired) electrons. The molecular formula is C20H19N5O4. The smallest absolute Gasteiger partial charge is 0.338 e. The molecule has 9 heteroatoms. The van der Waals surface area contributed by atoms with Crippen LogP contribution in [0.2, 0.25) is 0 Å². The second-order valence-corrected chi connectivity index (χ2v) is 6.07. The van der Waals surface area contributed by atoms with Gasteiger partial charge in [0.1, 0.15) is 13.2 Å². The Balaban J connectivity index is 1.44. The van der Waals surface area contributed by atoms with E-state index >= 15 is 0 Å². The number of esters is 1. The van der Waals surface area contributed by atoms with Crippen LogP contribution in [0.15, 0.2) is 48.7 Å². The summed E-state index contributed by atoms with van der Waals surface area (Å²) in [6, 6.07) is 12.4. The van der Waals surface area contributed by atoms with Gasteiger partial charge in [-0.05, 0) is 43.3 Å². The predicted octanol–water partition coefficient (Wildman–Crippen LogP) is 3.31. The molecule has 4 rings (SSSR count). The SMILES string of the molecule is CCOC(=O)c1ccc(Nc2nncc(Nc3ccc4c(c3)OCCO4)n2)cc1. The molecule has 2 N–H and O–H groups in total. The quantitative estimate of drug-likeness (QED) is 0.610. The average Bonchev–Trinajstić information content (AvgIpc) is 2.75. The number of ether oxygens (including phenoxy) is 3. The zero-order valence-corrected chi connectivity index (χ0v) is 15.7. The minimum absolute atomic E-state index is 0.316. The number of rotatable bonds is 6. The molecule has 29 heavy (non-hydrogen) atoms. The Kier molecular flexibility index (Phi) is 5.37. The molecule has 0 aliphatic carbocycles. The first-order valence-corrected chi connectivity index (χ1v) is 9.12. The third-order valence-electron chi connectivity index (χ3n) is 4.03. The molecule has 0 bridgehead atoms. The lowest BCUT2D eigenvalue weighted by Gasteiger charge is -2.19. The monoisotopic (exact) mass is 393 g/mol. The molecular weight excluding hydrogens is 374 g/mol. The third kappa shape index (κ3) is 4.52. The number of aromatic nitrogens is 3. The Bertz CT molecular complexity index is 1010. The van der Waals surface area contributed by atoms with E-state index in [0.717, 1.165) is 17.1 Å². The molecule has 0 unspecified atom stereocenters. The number of nitrogens with zero attached hydrogens (tertiary/aromatic N) is 3. The lowest BCUT2D eigenvalue weighted by Crippen LogP contribution is -2.15. The highest BCUT2D eigenvalue weighted by Crippen LogP contribution is 2.33. The molecule has 2 heterocycles. The molecule has 0 fully saturated rings. The van der Waals surface area contributed by atoms with Crippen molar-refractivity contribution in [3.05, 3.63) is 54.2 Å². The van der Waals surface area contributed by atoms with E-state index in [1.54, 1.807) is 31.2 Å². The second-order valence-electron chi connectivity index (χ2n) is 6.07. The first-order chi connectivity index (χ1) is 14.2. The largest absolute Gasteiger partial charge is 0.486 e. The maximum absolute atomic E-state index is 11.7. The zero-order valence-electron chi connectivity index (χ0n) is 15.7. The van der Waals surface area contributed by atoms with Gasteiger partial charge in [-0.3, -0.25) is 0 Å². The molecule has 0 amide bonds. The Morgan fingerprint density at radius 2 is 1.79 bits per heavy atom. The molecule has 3 aromatic rings. The minimum Gasteiger partial charge on any atom is -0.486 e. The Morgan fingerprint density at radius 3 is 2.59 bits per heavy atom. The van der Waals surface area contributed by atoms with Crippen LogP contribution in [0.4, 0.5) is 23.1 Å². The number of nitrogens with one attached hydrogen (secondary N) is 2. The fraction of sp³-hybridized carbons (Fsp3) is 0.200. The van der Waals surface area contributed by atoms with E-state index in [4.69, 9.17) is 14.2 Å². The van der Waals surface area contributed by atoms with Crippen LogP contribution in [-0.2, 0) is 4.74 Å². The highest BCUT2D eigenvalue weighted by atomic mass is 16.6. The zero-order chi connectivity index (χ0) is 20.1. The summed E-state index contributed by atoms with van der Waals surface area (Å²) in [5.41, 5.74) is 1.99. The van der Waals surface area contributed by atoms with Crippen LogP contribution in [0.1, 0.15) is 17.3 Å². The molecule has 0 atom stereocenters. The van der Waals surface area contributed by atoms with Crippen molar-refractivity contribution >= 4 is 29.1 Å². The van der Waals surface area contributed by atoms with Crippen molar-refractivity contribution in [2.45, 2.75) is 6.92 Å². The van der Waals surface area contributed by atoms with E-state index in [9.17, 15) is 4.79 Å². The van der Waals surface area contributed by atoms with Gasteiger partial charge < -0.3 is 24.8 Å². The Morgan fingerprint density at radius 1 is 1.03 bits per heavy atom. The van der Waals surface area contributed by atoms with E-state index < -0.39 is 0 Å². The van der Waals surface area contributed by atoms with E-state index in [0.29, 0.717) is 42.9 Å². The van der Waals surface area contributed by atoms with Gasteiger partial charge in [0.05, 0.1) is 18.4 Å². The molecule has 2 aromatic carbocycles. The first-order valence-electron chi connectivity index (χ1n) is 9.12. The second kappa shape index (κ2) is 8.42. The summed E-state index contributed by atoms with van der Waals surface area (Å²) in [4.78, 5) is 16.1. The summed E-state index contributed by atoms with van der Waals surface area (Å²) in [6.45, 7) is 3.17. The molecule has 148 valence electrons. The van der Waals surface area contributed by atoms with Gasteiger partial charge in [0.2, 0.25) is 5.95 Å².